The highest BCUT2D eigenvalue weighted by atomic mass is 127. The molecule has 1 aliphatic rings. The Morgan fingerprint density at radius 2 is 2.00 bits per heavy atom. The first kappa shape index (κ1) is 22.0. The van der Waals surface area contributed by atoms with Gasteiger partial charge in [0.15, 0.2) is 5.17 Å². The van der Waals surface area contributed by atoms with Crippen LogP contribution in [0.2, 0.25) is 0 Å². The van der Waals surface area contributed by atoms with Crippen molar-refractivity contribution in [1.82, 2.24) is 5.32 Å². The maximum absolute atomic E-state index is 14.8. The van der Waals surface area contributed by atoms with E-state index in [1.165, 1.54) is 24.8 Å². The van der Waals surface area contributed by atoms with E-state index in [-0.39, 0.29) is 29.2 Å². The van der Waals surface area contributed by atoms with Crippen LogP contribution >= 0.6 is 34.4 Å². The molecule has 0 saturated heterocycles. The lowest BCUT2D eigenvalue weighted by atomic mass is 9.86. The van der Waals surface area contributed by atoms with Crippen LogP contribution < -0.4 is 5.32 Å². The summed E-state index contributed by atoms with van der Waals surface area (Å²) in [6.45, 7) is 3.40. The van der Waals surface area contributed by atoms with E-state index < -0.39 is 5.54 Å². The van der Waals surface area contributed by atoms with Gasteiger partial charge in [0.25, 0.3) is 5.91 Å². The lowest BCUT2D eigenvalue weighted by Crippen LogP contribution is -2.39. The molecule has 152 valence electrons. The zero-order valence-electron chi connectivity index (χ0n) is 16.2. The number of rotatable bonds is 5. The van der Waals surface area contributed by atoms with Crippen LogP contribution in [0.1, 0.15) is 41.8 Å². The predicted molar refractivity (Wildman–Crippen MR) is 124 cm³/mol. The largest absolute Gasteiger partial charge is 0.301 e. The minimum absolute atomic E-state index is 0.0244. The Morgan fingerprint density at radius 3 is 2.66 bits per heavy atom. The van der Waals surface area contributed by atoms with Gasteiger partial charge < -0.3 is 5.32 Å². The third-order valence-corrected chi connectivity index (χ3v) is 7.49. The second-order valence-electron chi connectivity index (χ2n) is 7.30. The van der Waals surface area contributed by atoms with Gasteiger partial charge in [0.1, 0.15) is 11.6 Å². The fourth-order valence-corrected chi connectivity index (χ4v) is 5.44. The molecule has 2 aromatic rings. The Bertz CT molecular complexity index is 951. The molecule has 7 heteroatoms. The number of nitrogens with one attached hydrogen (secondary N) is 1. The number of carbonyl (C=O) groups is 2. The number of aliphatic imine (C=N–C) groups is 1. The zero-order valence-corrected chi connectivity index (χ0v) is 19.2. The molecule has 1 unspecified atom stereocenters. The molecular formula is C22H22FIN2O2S. The van der Waals surface area contributed by atoms with E-state index in [1.807, 2.05) is 13.0 Å². The first-order valence-electron chi connectivity index (χ1n) is 9.28. The fraction of sp³-hybridized carbons (Fsp3) is 0.318. The van der Waals surface area contributed by atoms with Crippen molar-refractivity contribution in [2.24, 2.45) is 4.99 Å². The van der Waals surface area contributed by atoms with Crippen molar-refractivity contribution >= 4 is 51.2 Å². The quantitative estimate of drug-likeness (QED) is 0.448. The van der Waals surface area contributed by atoms with Crippen LogP contribution in [0.4, 0.5) is 4.39 Å². The number of hydrogen-bond acceptors (Lipinski definition) is 4. The Kier molecular flexibility index (Phi) is 7.10. The van der Waals surface area contributed by atoms with E-state index in [0.717, 1.165) is 9.99 Å². The molecular weight excluding hydrogens is 502 g/mol. The molecule has 0 spiro atoms. The van der Waals surface area contributed by atoms with Gasteiger partial charge in [-0.05, 0) is 44.0 Å². The number of Topliss-reactive ketones (excluding diaryl/α,β-unsaturated/α-hetero) is 1. The van der Waals surface area contributed by atoms with E-state index in [0.29, 0.717) is 22.7 Å². The van der Waals surface area contributed by atoms with Crippen molar-refractivity contribution in [2.45, 2.75) is 37.5 Å². The summed E-state index contributed by atoms with van der Waals surface area (Å²) < 4.78 is 15.6. The molecule has 1 aliphatic heterocycles. The molecule has 2 atom stereocenters. The molecule has 3 rings (SSSR count). The van der Waals surface area contributed by atoms with Crippen LogP contribution in [-0.2, 0) is 16.8 Å². The van der Waals surface area contributed by atoms with Gasteiger partial charge >= 0.3 is 0 Å². The first-order chi connectivity index (χ1) is 13.8. The van der Waals surface area contributed by atoms with Crippen molar-refractivity contribution in [3.63, 3.8) is 0 Å². The maximum atomic E-state index is 14.8. The average molecular weight is 524 g/mol. The van der Waals surface area contributed by atoms with Crippen LogP contribution in [-0.4, -0.2) is 26.5 Å². The number of halogens is 2. The number of hydrogen-bond donors (Lipinski definition) is 1. The van der Waals surface area contributed by atoms with Gasteiger partial charge in [-0.15, -0.1) is 0 Å². The van der Waals surface area contributed by atoms with Gasteiger partial charge in [-0.3, -0.25) is 14.6 Å². The van der Waals surface area contributed by atoms with E-state index >= 15 is 0 Å². The van der Waals surface area contributed by atoms with Crippen molar-refractivity contribution in [1.29, 1.82) is 0 Å². The van der Waals surface area contributed by atoms with Gasteiger partial charge in [0.2, 0.25) is 0 Å². The normalized spacial score (nSPS) is 21.4. The van der Waals surface area contributed by atoms with E-state index in [2.05, 4.69) is 27.9 Å². The number of nitrogens with zero attached hydrogens (tertiary/aromatic N) is 1. The summed E-state index contributed by atoms with van der Waals surface area (Å²) in [6, 6.07) is 13.7. The van der Waals surface area contributed by atoms with Crippen LogP contribution in [0, 0.1) is 5.82 Å². The average Bonchev–Trinajstić information content (AvgIpc) is 2.69. The molecule has 0 bridgehead atoms. The third-order valence-electron chi connectivity index (χ3n) is 4.74. The second kappa shape index (κ2) is 9.38. The number of alkyl halides is 1. The summed E-state index contributed by atoms with van der Waals surface area (Å²) in [5.74, 6) is -0.563. The highest BCUT2D eigenvalue weighted by Crippen LogP contribution is 2.41. The van der Waals surface area contributed by atoms with Crippen LogP contribution in [0.3, 0.4) is 0 Å². The minimum Gasteiger partial charge on any atom is -0.301 e. The molecule has 1 heterocycles. The van der Waals surface area contributed by atoms with Gasteiger partial charge in [0, 0.05) is 27.2 Å². The number of thioether (sulfide) groups is 1. The first-order valence-corrected chi connectivity index (χ1v) is 11.7. The number of ketones is 1. The molecule has 0 saturated carbocycles. The molecule has 0 fully saturated rings. The van der Waals surface area contributed by atoms with Crippen molar-refractivity contribution < 1.29 is 14.0 Å². The Balaban J connectivity index is 1.95. The number of benzene rings is 2. The number of carbonyl (C=O) groups excluding carboxylic acids is 2. The summed E-state index contributed by atoms with van der Waals surface area (Å²) in [5, 5.41) is 3.56. The van der Waals surface area contributed by atoms with Crippen molar-refractivity contribution in [3.05, 3.63) is 71.0 Å². The Hall–Kier alpha value is -1.74. The molecule has 0 radical (unpaired) electrons. The number of amidine groups is 1. The van der Waals surface area contributed by atoms with Gasteiger partial charge in [-0.1, -0.05) is 64.7 Å². The van der Waals surface area contributed by atoms with E-state index in [1.54, 1.807) is 36.4 Å². The SMILES string of the molecule is CC(=O)Cc1ccc(F)c([C@]2(C)CC(CI)SC(NC(=O)c3ccccc3)=N2)c1. The highest BCUT2D eigenvalue weighted by molar-refractivity contribution is 14.1. The molecule has 2 aromatic carbocycles. The lowest BCUT2D eigenvalue weighted by molar-refractivity contribution is -0.116. The van der Waals surface area contributed by atoms with Crippen LogP contribution in [0.15, 0.2) is 53.5 Å². The highest BCUT2D eigenvalue weighted by Gasteiger charge is 2.37. The lowest BCUT2D eigenvalue weighted by Gasteiger charge is -2.35. The van der Waals surface area contributed by atoms with Crippen molar-refractivity contribution in [3.8, 4) is 0 Å². The number of amides is 1. The summed E-state index contributed by atoms with van der Waals surface area (Å²) >= 11 is 3.81. The standard InChI is InChI=1S/C22H22FIN2O2S/c1-14(27)10-15-8-9-19(23)18(11-15)22(2)12-17(13-24)29-21(26-22)25-20(28)16-6-4-3-5-7-16/h3-9,11,17H,10,12-13H2,1-2H3,(H,25,26,28)/t17?,22-/m0/s1. The van der Waals surface area contributed by atoms with Gasteiger partial charge in [0.05, 0.1) is 5.54 Å². The summed E-state index contributed by atoms with van der Waals surface area (Å²) in [7, 11) is 0. The van der Waals surface area contributed by atoms with Crippen LogP contribution in [0.25, 0.3) is 0 Å². The summed E-state index contributed by atoms with van der Waals surface area (Å²) in [5.41, 5.74) is 0.947. The molecule has 0 aliphatic carbocycles. The monoisotopic (exact) mass is 524 g/mol. The Morgan fingerprint density at radius 1 is 1.28 bits per heavy atom. The third kappa shape index (κ3) is 5.45. The van der Waals surface area contributed by atoms with Crippen molar-refractivity contribution in [2.75, 3.05) is 4.43 Å². The molecule has 29 heavy (non-hydrogen) atoms. The zero-order chi connectivity index (χ0) is 21.0. The predicted octanol–water partition coefficient (Wildman–Crippen LogP) is 4.90. The van der Waals surface area contributed by atoms with Crippen LogP contribution in [0.5, 0.6) is 0 Å². The molecule has 4 nitrogen and oxygen atoms in total. The van der Waals surface area contributed by atoms with E-state index in [9.17, 15) is 14.0 Å². The Labute approximate surface area is 187 Å². The molecule has 0 aromatic heterocycles. The molecule has 1 amide bonds. The smallest absolute Gasteiger partial charge is 0.257 e. The molecule has 1 N–H and O–H groups in total. The fourth-order valence-electron chi connectivity index (χ4n) is 3.39. The van der Waals surface area contributed by atoms with E-state index in [4.69, 9.17) is 4.99 Å². The summed E-state index contributed by atoms with van der Waals surface area (Å²) in [6.07, 6.45) is 0.904. The topological polar surface area (TPSA) is 58.5 Å². The second-order valence-corrected chi connectivity index (χ2v) is 9.47. The summed E-state index contributed by atoms with van der Waals surface area (Å²) in [4.78, 5) is 28.8. The maximum Gasteiger partial charge on any atom is 0.257 e. The minimum atomic E-state index is -0.822. The van der Waals surface area contributed by atoms with Gasteiger partial charge in [-0.2, -0.15) is 0 Å². The van der Waals surface area contributed by atoms with Gasteiger partial charge in [-0.25, -0.2) is 4.39 Å².